The van der Waals surface area contributed by atoms with E-state index in [1.54, 1.807) is 51.5 Å². The molecule has 0 saturated heterocycles. The van der Waals surface area contributed by atoms with Crippen LogP contribution in [0.3, 0.4) is 0 Å². The Hall–Kier alpha value is -3.13. The summed E-state index contributed by atoms with van der Waals surface area (Å²) in [6, 6.07) is 10.7. The molecule has 1 heterocycles. The van der Waals surface area contributed by atoms with Crippen LogP contribution in [0.25, 0.3) is 0 Å². The Morgan fingerprint density at radius 2 is 1.93 bits per heavy atom. The molecule has 6 nitrogen and oxygen atoms in total. The van der Waals surface area contributed by atoms with Crippen molar-refractivity contribution < 1.29 is 18.7 Å². The van der Waals surface area contributed by atoms with Gasteiger partial charge in [-0.3, -0.25) is 4.79 Å². The Labute approximate surface area is 167 Å². The minimum atomic E-state index is -0.606. The SMILES string of the molecule is COc1ccc(OC)c(C2NC(=S)NC(C)=C2C(=O)Nc2ccccc2F)c1. The molecule has 146 valence electrons. The molecule has 1 aliphatic heterocycles. The highest BCUT2D eigenvalue weighted by atomic mass is 32.1. The molecular formula is C20H20FN3O3S. The Morgan fingerprint density at radius 3 is 2.61 bits per heavy atom. The van der Waals surface area contributed by atoms with Crippen molar-refractivity contribution in [2.24, 2.45) is 0 Å². The van der Waals surface area contributed by atoms with E-state index in [1.807, 2.05) is 0 Å². The van der Waals surface area contributed by atoms with Gasteiger partial charge in [0.25, 0.3) is 5.91 Å². The number of rotatable bonds is 5. The van der Waals surface area contributed by atoms with Gasteiger partial charge in [-0.1, -0.05) is 12.1 Å². The van der Waals surface area contributed by atoms with Crippen molar-refractivity contribution in [3.05, 3.63) is 65.1 Å². The van der Waals surface area contributed by atoms with Crippen LogP contribution >= 0.6 is 12.2 Å². The number of ether oxygens (including phenoxy) is 2. The average molecular weight is 401 g/mol. The molecule has 3 N–H and O–H groups in total. The van der Waals surface area contributed by atoms with Crippen LogP contribution in [0.15, 0.2) is 53.7 Å². The summed E-state index contributed by atoms with van der Waals surface area (Å²) in [5, 5.41) is 9.04. The standard InChI is InChI=1S/C20H20FN3O3S/c1-11-17(19(25)23-15-7-5-4-6-14(15)21)18(24-20(28)22-11)13-10-12(26-2)8-9-16(13)27-3/h4-10,18H,1-3H3,(H,23,25)(H2,22,24,28). The fourth-order valence-electron chi connectivity index (χ4n) is 3.05. The van der Waals surface area contributed by atoms with E-state index in [2.05, 4.69) is 16.0 Å². The largest absolute Gasteiger partial charge is 0.497 e. The molecule has 0 bridgehead atoms. The van der Waals surface area contributed by atoms with Crippen molar-refractivity contribution in [2.75, 3.05) is 19.5 Å². The minimum Gasteiger partial charge on any atom is -0.497 e. The monoisotopic (exact) mass is 401 g/mol. The summed E-state index contributed by atoms with van der Waals surface area (Å²) in [4.78, 5) is 13.0. The zero-order valence-corrected chi connectivity index (χ0v) is 16.4. The highest BCUT2D eigenvalue weighted by molar-refractivity contribution is 7.80. The predicted octanol–water partition coefficient (Wildman–Crippen LogP) is 3.27. The number of carbonyl (C=O) groups is 1. The second kappa shape index (κ2) is 8.26. The molecule has 1 atom stereocenters. The van der Waals surface area contributed by atoms with Crippen LogP contribution in [0.4, 0.5) is 10.1 Å². The number of hydrogen-bond acceptors (Lipinski definition) is 4. The molecule has 8 heteroatoms. The highest BCUT2D eigenvalue weighted by Crippen LogP contribution is 2.36. The first kappa shape index (κ1) is 19.6. The highest BCUT2D eigenvalue weighted by Gasteiger charge is 2.32. The van der Waals surface area contributed by atoms with E-state index in [4.69, 9.17) is 21.7 Å². The van der Waals surface area contributed by atoms with Crippen LogP contribution in [0.2, 0.25) is 0 Å². The maximum absolute atomic E-state index is 14.0. The third kappa shape index (κ3) is 3.91. The lowest BCUT2D eigenvalue weighted by Gasteiger charge is -2.31. The number of nitrogens with one attached hydrogen (secondary N) is 3. The number of halogens is 1. The molecule has 28 heavy (non-hydrogen) atoms. The van der Waals surface area contributed by atoms with E-state index < -0.39 is 17.8 Å². The van der Waals surface area contributed by atoms with Gasteiger partial charge in [-0.25, -0.2) is 4.39 Å². The normalized spacial score (nSPS) is 16.1. The zero-order chi connectivity index (χ0) is 20.3. The molecular weight excluding hydrogens is 381 g/mol. The molecule has 0 aromatic heterocycles. The number of methoxy groups -OCH3 is 2. The summed E-state index contributed by atoms with van der Waals surface area (Å²) in [6.07, 6.45) is 0. The van der Waals surface area contributed by atoms with Gasteiger partial charge in [0.2, 0.25) is 0 Å². The van der Waals surface area contributed by atoms with Gasteiger partial charge in [-0.2, -0.15) is 0 Å². The fourth-order valence-corrected chi connectivity index (χ4v) is 3.32. The van der Waals surface area contributed by atoms with Gasteiger partial charge in [-0.05, 0) is 49.5 Å². The van der Waals surface area contributed by atoms with Gasteiger partial charge in [0.05, 0.1) is 31.5 Å². The lowest BCUT2D eigenvalue weighted by atomic mass is 9.94. The average Bonchev–Trinajstić information content (AvgIpc) is 2.68. The van der Waals surface area contributed by atoms with Gasteiger partial charge in [0, 0.05) is 11.3 Å². The number of para-hydroxylation sites is 1. The first-order valence-electron chi connectivity index (χ1n) is 8.50. The van der Waals surface area contributed by atoms with E-state index >= 15 is 0 Å². The fraction of sp³-hybridized carbons (Fsp3) is 0.200. The van der Waals surface area contributed by atoms with Crippen LogP contribution < -0.4 is 25.4 Å². The van der Waals surface area contributed by atoms with Gasteiger partial charge >= 0.3 is 0 Å². The van der Waals surface area contributed by atoms with E-state index in [-0.39, 0.29) is 5.69 Å². The molecule has 3 rings (SSSR count). The molecule has 0 aliphatic carbocycles. The lowest BCUT2D eigenvalue weighted by molar-refractivity contribution is -0.113. The van der Waals surface area contributed by atoms with Crippen LogP contribution in [0.5, 0.6) is 11.5 Å². The van der Waals surface area contributed by atoms with Crippen molar-refractivity contribution >= 4 is 28.9 Å². The molecule has 0 saturated carbocycles. The summed E-state index contributed by atoms with van der Waals surface area (Å²) in [5.41, 5.74) is 1.69. The van der Waals surface area contributed by atoms with Crippen LogP contribution in [0, 0.1) is 5.82 Å². The molecule has 1 amide bonds. The summed E-state index contributed by atoms with van der Waals surface area (Å²) in [7, 11) is 3.10. The Kier molecular flexibility index (Phi) is 5.79. The number of thiocarbonyl (C=S) groups is 1. The van der Waals surface area contributed by atoms with Gasteiger partial charge in [0.1, 0.15) is 17.3 Å². The summed E-state index contributed by atoms with van der Waals surface area (Å²) >= 11 is 5.27. The smallest absolute Gasteiger partial charge is 0.255 e. The van der Waals surface area contributed by atoms with Crippen molar-refractivity contribution in [1.82, 2.24) is 10.6 Å². The zero-order valence-electron chi connectivity index (χ0n) is 15.6. The first-order chi connectivity index (χ1) is 13.4. The van der Waals surface area contributed by atoms with Gasteiger partial charge < -0.3 is 25.4 Å². The number of anilines is 1. The van der Waals surface area contributed by atoms with Crippen molar-refractivity contribution in [1.29, 1.82) is 0 Å². The van der Waals surface area contributed by atoms with Gasteiger partial charge in [-0.15, -0.1) is 0 Å². The molecule has 0 fully saturated rings. The molecule has 0 radical (unpaired) electrons. The number of carbonyl (C=O) groups excluding carboxylic acids is 1. The predicted molar refractivity (Wildman–Crippen MR) is 109 cm³/mol. The number of hydrogen-bond donors (Lipinski definition) is 3. The molecule has 1 unspecified atom stereocenters. The molecule has 2 aromatic rings. The van der Waals surface area contributed by atoms with Crippen LogP contribution in [-0.2, 0) is 4.79 Å². The number of benzene rings is 2. The summed E-state index contributed by atoms with van der Waals surface area (Å²) in [6.45, 7) is 1.74. The Bertz CT molecular complexity index is 961. The first-order valence-corrected chi connectivity index (χ1v) is 8.91. The second-order valence-corrected chi connectivity index (χ2v) is 6.52. The van der Waals surface area contributed by atoms with E-state index in [0.717, 1.165) is 0 Å². The van der Waals surface area contributed by atoms with E-state index in [1.165, 1.54) is 12.1 Å². The second-order valence-electron chi connectivity index (χ2n) is 6.11. The maximum atomic E-state index is 14.0. The molecule has 0 spiro atoms. The van der Waals surface area contributed by atoms with E-state index in [9.17, 15) is 9.18 Å². The minimum absolute atomic E-state index is 0.0947. The van der Waals surface area contributed by atoms with Crippen molar-refractivity contribution in [3.63, 3.8) is 0 Å². The molecule has 2 aromatic carbocycles. The van der Waals surface area contributed by atoms with Crippen molar-refractivity contribution in [3.8, 4) is 11.5 Å². The van der Waals surface area contributed by atoms with Crippen LogP contribution in [0.1, 0.15) is 18.5 Å². The Morgan fingerprint density at radius 1 is 1.18 bits per heavy atom. The summed E-state index contributed by atoms with van der Waals surface area (Å²) < 4.78 is 24.8. The number of amides is 1. The quantitative estimate of drug-likeness (QED) is 0.668. The van der Waals surface area contributed by atoms with Crippen LogP contribution in [-0.4, -0.2) is 25.2 Å². The Balaban J connectivity index is 2.04. The third-order valence-electron chi connectivity index (χ3n) is 4.38. The number of allylic oxidation sites excluding steroid dienone is 1. The third-order valence-corrected chi connectivity index (χ3v) is 4.60. The summed E-state index contributed by atoms with van der Waals surface area (Å²) in [5.74, 6) is 0.192. The topological polar surface area (TPSA) is 71.6 Å². The van der Waals surface area contributed by atoms with Gasteiger partial charge in [0.15, 0.2) is 5.11 Å². The van der Waals surface area contributed by atoms with Crippen molar-refractivity contribution in [2.45, 2.75) is 13.0 Å². The lowest BCUT2D eigenvalue weighted by Crippen LogP contribution is -2.45. The molecule has 1 aliphatic rings. The maximum Gasteiger partial charge on any atom is 0.255 e. The van der Waals surface area contributed by atoms with E-state index in [0.29, 0.717) is 33.4 Å².